The van der Waals surface area contributed by atoms with E-state index in [1.807, 2.05) is 18.2 Å². The van der Waals surface area contributed by atoms with E-state index < -0.39 is 18.1 Å². The zero-order valence-corrected chi connectivity index (χ0v) is 20.6. The molecule has 1 aromatic heterocycles. The summed E-state index contributed by atoms with van der Waals surface area (Å²) in [7, 11) is 3.33. The fraction of sp³-hybridized carbons (Fsp3) is 0.174. The van der Waals surface area contributed by atoms with Crippen LogP contribution >= 0.6 is 31.9 Å². The van der Waals surface area contributed by atoms with Gasteiger partial charge in [-0.15, -0.1) is 0 Å². The fourth-order valence-corrected chi connectivity index (χ4v) is 3.64. The normalized spacial score (nSPS) is 10.5. The quantitative estimate of drug-likeness (QED) is 0.314. The smallest absolute Gasteiger partial charge is 0.253 e. The number of halogens is 2. The molecule has 2 aromatic carbocycles. The van der Waals surface area contributed by atoms with Crippen molar-refractivity contribution in [2.45, 2.75) is 13.0 Å². The van der Waals surface area contributed by atoms with Crippen LogP contribution in [0.5, 0.6) is 0 Å². The van der Waals surface area contributed by atoms with E-state index in [-0.39, 0.29) is 18.3 Å². The van der Waals surface area contributed by atoms with Crippen LogP contribution in [0, 0.1) is 0 Å². The van der Waals surface area contributed by atoms with Crippen molar-refractivity contribution in [2.75, 3.05) is 19.0 Å². The van der Waals surface area contributed by atoms with E-state index in [2.05, 4.69) is 41.8 Å². The molecule has 3 aromatic rings. The van der Waals surface area contributed by atoms with Gasteiger partial charge in [0.1, 0.15) is 0 Å². The van der Waals surface area contributed by atoms with Gasteiger partial charge in [-0.2, -0.15) is 0 Å². The van der Waals surface area contributed by atoms with E-state index in [9.17, 15) is 14.4 Å². The maximum atomic E-state index is 13.2. The topological polar surface area (TPSA) is 83.5 Å². The molecule has 0 saturated heterocycles. The van der Waals surface area contributed by atoms with Crippen LogP contribution in [0.25, 0.3) is 0 Å². The van der Waals surface area contributed by atoms with Crippen LogP contribution in [0.1, 0.15) is 33.0 Å². The molecule has 2 amide bonds. The minimum absolute atomic E-state index is 0.0104. The Balaban J connectivity index is 1.94. The van der Waals surface area contributed by atoms with Crippen LogP contribution in [0.4, 0.5) is 5.69 Å². The van der Waals surface area contributed by atoms with Gasteiger partial charge < -0.3 is 9.80 Å². The highest BCUT2D eigenvalue weighted by Gasteiger charge is 2.23. The third-order valence-corrected chi connectivity index (χ3v) is 6.44. The third kappa shape index (κ3) is 5.86. The maximum absolute atomic E-state index is 13.2. The molecule has 3 rings (SSSR count). The highest BCUT2D eigenvalue weighted by molar-refractivity contribution is 9.13. The molecule has 7 nitrogen and oxygen atoms in total. The minimum Gasteiger partial charge on any atom is -0.345 e. The predicted molar refractivity (Wildman–Crippen MR) is 128 cm³/mol. The predicted octanol–water partition coefficient (Wildman–Crippen LogP) is 4.51. The number of carbonyl (C=O) groups is 3. The van der Waals surface area contributed by atoms with Gasteiger partial charge in [0, 0.05) is 46.7 Å². The first-order chi connectivity index (χ1) is 15.3. The number of benzene rings is 2. The molecule has 0 fully saturated rings. The summed E-state index contributed by atoms with van der Waals surface area (Å²) in [5, 5.41) is 0. The summed E-state index contributed by atoms with van der Waals surface area (Å²) in [5.41, 5.74) is 1.81. The Kier molecular flexibility index (Phi) is 7.87. The van der Waals surface area contributed by atoms with E-state index in [4.69, 9.17) is 0 Å². The van der Waals surface area contributed by atoms with Crippen LogP contribution in [0.2, 0.25) is 0 Å². The van der Waals surface area contributed by atoms with E-state index in [1.165, 1.54) is 22.2 Å². The summed E-state index contributed by atoms with van der Waals surface area (Å²) in [6.07, 6.45) is 2.52. The number of amides is 2. The Morgan fingerprint density at radius 2 is 1.62 bits per heavy atom. The zero-order chi connectivity index (χ0) is 23.3. The molecule has 0 aliphatic carbocycles. The average molecular weight is 560 g/mol. The molecule has 164 valence electrons. The molecule has 0 aliphatic heterocycles. The Morgan fingerprint density at radius 3 is 2.28 bits per heavy atom. The van der Waals surface area contributed by atoms with Crippen molar-refractivity contribution in [3.05, 3.63) is 86.8 Å². The number of ketones is 1. The Hall–Kier alpha value is -2.91. The number of hydrogen-bond donors (Lipinski definition) is 0. The lowest BCUT2D eigenvalue weighted by Crippen LogP contribution is -2.32. The van der Waals surface area contributed by atoms with Crippen LogP contribution in [-0.4, -0.2) is 46.6 Å². The first-order valence-corrected chi connectivity index (χ1v) is 11.2. The van der Waals surface area contributed by atoms with Gasteiger partial charge in [-0.1, -0.05) is 12.1 Å². The molecule has 0 atom stereocenters. The van der Waals surface area contributed by atoms with E-state index in [1.54, 1.807) is 44.4 Å². The molecular formula is C23H20Br2N4O3. The third-order valence-electron chi connectivity index (χ3n) is 4.56. The van der Waals surface area contributed by atoms with Crippen molar-refractivity contribution in [3.63, 3.8) is 0 Å². The van der Waals surface area contributed by atoms with Gasteiger partial charge in [-0.05, 0) is 73.8 Å². The van der Waals surface area contributed by atoms with Gasteiger partial charge in [0.05, 0.1) is 13.0 Å². The molecular weight excluding hydrogens is 540 g/mol. The summed E-state index contributed by atoms with van der Waals surface area (Å²) in [4.78, 5) is 49.0. The van der Waals surface area contributed by atoms with Crippen LogP contribution in [-0.2, 0) is 11.3 Å². The molecule has 32 heavy (non-hydrogen) atoms. The summed E-state index contributed by atoms with van der Waals surface area (Å²) in [6.45, 7) is 0.216. The van der Waals surface area contributed by atoms with Crippen LogP contribution < -0.4 is 4.90 Å². The second kappa shape index (κ2) is 10.6. The lowest BCUT2D eigenvalue weighted by molar-refractivity contribution is -0.117. The molecule has 0 saturated carbocycles. The number of aromatic nitrogens is 2. The lowest BCUT2D eigenvalue weighted by atomic mass is 10.1. The van der Waals surface area contributed by atoms with Gasteiger partial charge in [-0.25, -0.2) is 9.97 Å². The standard InChI is InChI=1S/C23H20Br2N4O3/c1-28(2)23(32)16-5-3-6-17(12-16)29(14-15-7-8-18(24)19(25)11-15)21(31)13-20(30)22-26-9-4-10-27-22/h3-12H,13-14H2,1-2H3. The van der Waals surface area contributed by atoms with Crippen molar-refractivity contribution in [1.29, 1.82) is 0 Å². The maximum Gasteiger partial charge on any atom is 0.253 e. The summed E-state index contributed by atoms with van der Waals surface area (Å²) >= 11 is 6.91. The zero-order valence-electron chi connectivity index (χ0n) is 17.5. The number of anilines is 1. The van der Waals surface area contributed by atoms with Gasteiger partial charge in [0.2, 0.25) is 11.7 Å². The molecule has 1 heterocycles. The van der Waals surface area contributed by atoms with Gasteiger partial charge >= 0.3 is 0 Å². The number of hydrogen-bond acceptors (Lipinski definition) is 5. The molecule has 0 spiro atoms. The fourth-order valence-electron chi connectivity index (χ4n) is 2.96. The minimum atomic E-state index is -0.474. The summed E-state index contributed by atoms with van der Waals surface area (Å²) < 4.78 is 1.72. The SMILES string of the molecule is CN(C)C(=O)c1cccc(N(Cc2ccc(Br)c(Br)c2)C(=O)CC(=O)c2ncccn2)c1. The lowest BCUT2D eigenvalue weighted by Gasteiger charge is -2.24. The molecule has 9 heteroatoms. The summed E-state index contributed by atoms with van der Waals surface area (Å²) in [6, 6.07) is 14.0. The molecule has 0 aliphatic rings. The second-order valence-corrected chi connectivity index (χ2v) is 8.86. The molecule has 0 bridgehead atoms. The van der Waals surface area contributed by atoms with Crippen LogP contribution in [0.15, 0.2) is 69.9 Å². The second-order valence-electron chi connectivity index (χ2n) is 7.15. The number of Topliss-reactive ketones (excluding diaryl/α,β-unsaturated/α-hetero) is 1. The van der Waals surface area contributed by atoms with Crippen molar-refractivity contribution in [1.82, 2.24) is 14.9 Å². The highest BCUT2D eigenvalue weighted by atomic mass is 79.9. The van der Waals surface area contributed by atoms with Gasteiger partial charge in [0.15, 0.2) is 5.82 Å². The molecule has 0 radical (unpaired) electrons. The molecule has 0 unspecified atom stereocenters. The molecule has 0 N–H and O–H groups in total. The Morgan fingerprint density at radius 1 is 0.906 bits per heavy atom. The van der Waals surface area contributed by atoms with E-state index in [0.717, 1.165) is 14.5 Å². The van der Waals surface area contributed by atoms with Crippen molar-refractivity contribution in [2.24, 2.45) is 0 Å². The Labute approximate surface area is 202 Å². The van der Waals surface area contributed by atoms with E-state index in [0.29, 0.717) is 11.3 Å². The Bertz CT molecular complexity index is 1150. The number of carbonyl (C=O) groups excluding carboxylic acids is 3. The van der Waals surface area contributed by atoms with Crippen LogP contribution in [0.3, 0.4) is 0 Å². The first-order valence-electron chi connectivity index (χ1n) is 9.62. The average Bonchev–Trinajstić information content (AvgIpc) is 2.79. The van der Waals surface area contributed by atoms with E-state index >= 15 is 0 Å². The van der Waals surface area contributed by atoms with Gasteiger partial charge in [-0.3, -0.25) is 14.4 Å². The van der Waals surface area contributed by atoms with Crippen molar-refractivity contribution in [3.8, 4) is 0 Å². The largest absolute Gasteiger partial charge is 0.345 e. The highest BCUT2D eigenvalue weighted by Crippen LogP contribution is 2.26. The number of rotatable bonds is 7. The van der Waals surface area contributed by atoms with Crippen molar-refractivity contribution >= 4 is 55.1 Å². The first kappa shape index (κ1) is 23.7. The van der Waals surface area contributed by atoms with Gasteiger partial charge in [0.25, 0.3) is 5.91 Å². The summed E-state index contributed by atoms with van der Waals surface area (Å²) in [5.74, 6) is -1.09. The monoisotopic (exact) mass is 558 g/mol. The number of nitrogens with zero attached hydrogens (tertiary/aromatic N) is 4. The van der Waals surface area contributed by atoms with Crippen molar-refractivity contribution < 1.29 is 14.4 Å².